The van der Waals surface area contributed by atoms with Crippen molar-refractivity contribution in [1.82, 2.24) is 5.32 Å². The summed E-state index contributed by atoms with van der Waals surface area (Å²) < 4.78 is 11.0. The van der Waals surface area contributed by atoms with Crippen LogP contribution in [0, 0.1) is 0 Å². The van der Waals surface area contributed by atoms with Gasteiger partial charge in [-0.3, -0.25) is 4.79 Å². The molecule has 1 fully saturated rings. The third-order valence-corrected chi connectivity index (χ3v) is 7.08. The summed E-state index contributed by atoms with van der Waals surface area (Å²) in [6.45, 7) is 3.37. The van der Waals surface area contributed by atoms with E-state index in [0.29, 0.717) is 6.42 Å². The van der Waals surface area contributed by atoms with Crippen molar-refractivity contribution < 1.29 is 39.8 Å². The molecule has 0 aliphatic carbocycles. The Hall–Kier alpha value is -2.11. The van der Waals surface area contributed by atoms with Crippen molar-refractivity contribution in [1.29, 1.82) is 0 Å². The molecule has 1 amide bonds. The first-order valence-electron chi connectivity index (χ1n) is 16.0. The molecule has 1 rings (SSSR count). The molecule has 0 aromatic carbocycles. The fraction of sp³-hybridized carbons (Fsp3) is 0.676. The van der Waals surface area contributed by atoms with Crippen molar-refractivity contribution in [2.24, 2.45) is 0 Å². The van der Waals surface area contributed by atoms with Gasteiger partial charge in [0.15, 0.2) is 6.29 Å². The van der Waals surface area contributed by atoms with Crippen molar-refractivity contribution in [2.45, 2.75) is 134 Å². The van der Waals surface area contributed by atoms with E-state index in [-0.39, 0.29) is 12.5 Å². The van der Waals surface area contributed by atoms with Gasteiger partial charge in [0.1, 0.15) is 24.4 Å². The molecule has 9 heteroatoms. The van der Waals surface area contributed by atoms with Gasteiger partial charge in [-0.1, -0.05) is 93.9 Å². The molecule has 43 heavy (non-hydrogen) atoms. The van der Waals surface area contributed by atoms with Crippen LogP contribution in [0.2, 0.25) is 0 Å². The van der Waals surface area contributed by atoms with Crippen LogP contribution in [0.15, 0.2) is 60.8 Å². The number of allylic oxidation sites excluding steroid dienone is 9. The van der Waals surface area contributed by atoms with Crippen LogP contribution >= 0.6 is 0 Å². The topological polar surface area (TPSA) is 149 Å². The van der Waals surface area contributed by atoms with Crippen molar-refractivity contribution in [3.8, 4) is 0 Å². The van der Waals surface area contributed by atoms with E-state index in [1.165, 1.54) is 0 Å². The van der Waals surface area contributed by atoms with Gasteiger partial charge >= 0.3 is 0 Å². The van der Waals surface area contributed by atoms with Crippen LogP contribution in [-0.2, 0) is 14.3 Å². The normalized spacial score (nSPS) is 24.7. The molecule has 7 unspecified atom stereocenters. The molecule has 1 heterocycles. The van der Waals surface area contributed by atoms with Gasteiger partial charge in [0, 0.05) is 6.42 Å². The molecule has 6 N–H and O–H groups in total. The lowest BCUT2D eigenvalue weighted by atomic mass is 9.99. The molecule has 246 valence electrons. The smallest absolute Gasteiger partial charge is 0.220 e. The fourth-order valence-electron chi connectivity index (χ4n) is 4.44. The van der Waals surface area contributed by atoms with E-state index in [0.717, 1.165) is 70.6 Å². The number of aliphatic hydroxyl groups is 5. The number of aliphatic hydroxyl groups excluding tert-OH is 5. The number of hydrogen-bond donors (Lipinski definition) is 6. The second-order valence-electron chi connectivity index (χ2n) is 10.9. The summed E-state index contributed by atoms with van der Waals surface area (Å²) in [4.78, 5) is 12.6. The summed E-state index contributed by atoms with van der Waals surface area (Å²) in [5, 5.41) is 53.0. The first kappa shape index (κ1) is 38.9. The SMILES string of the molecule is CC/C=C\C/C=C\C/C=C\C/C=C\CCCCCCC(=O)NC(COC1OC(CO)C(O)C(O)C1O)C(O)/C=C/CCC. The average molecular weight is 608 g/mol. The lowest BCUT2D eigenvalue weighted by Gasteiger charge is -2.40. The average Bonchev–Trinajstić information content (AvgIpc) is 3.00. The maximum atomic E-state index is 12.6. The monoisotopic (exact) mass is 607 g/mol. The minimum Gasteiger partial charge on any atom is -0.394 e. The summed E-state index contributed by atoms with van der Waals surface area (Å²) >= 11 is 0. The Balaban J connectivity index is 2.36. The lowest BCUT2D eigenvalue weighted by Crippen LogP contribution is -2.60. The summed E-state index contributed by atoms with van der Waals surface area (Å²) in [6.07, 6.45) is 23.5. The van der Waals surface area contributed by atoms with E-state index in [4.69, 9.17) is 9.47 Å². The number of hydrogen-bond acceptors (Lipinski definition) is 8. The Bertz CT molecular complexity index is 853. The number of carbonyl (C=O) groups excluding carboxylic acids is 1. The Morgan fingerprint density at radius 2 is 1.44 bits per heavy atom. The van der Waals surface area contributed by atoms with Gasteiger partial charge in [-0.25, -0.2) is 0 Å². The molecule has 0 spiro atoms. The van der Waals surface area contributed by atoms with Gasteiger partial charge in [-0.15, -0.1) is 0 Å². The van der Waals surface area contributed by atoms with Gasteiger partial charge in [0.25, 0.3) is 0 Å². The predicted octanol–water partition coefficient (Wildman–Crippen LogP) is 4.15. The zero-order valence-corrected chi connectivity index (χ0v) is 26.2. The van der Waals surface area contributed by atoms with Crippen molar-refractivity contribution in [3.63, 3.8) is 0 Å². The summed E-state index contributed by atoms with van der Waals surface area (Å²) in [6, 6.07) is -0.814. The van der Waals surface area contributed by atoms with Crippen molar-refractivity contribution >= 4 is 5.91 Å². The van der Waals surface area contributed by atoms with Crippen LogP contribution < -0.4 is 5.32 Å². The Morgan fingerprint density at radius 3 is 2.07 bits per heavy atom. The Kier molecular flexibility index (Phi) is 22.8. The third kappa shape index (κ3) is 17.7. The number of unbranched alkanes of at least 4 members (excludes halogenated alkanes) is 5. The van der Waals surface area contributed by atoms with Gasteiger partial charge in [-0.2, -0.15) is 0 Å². The standard InChI is InChI=1S/C34H57NO8/c1-3-5-7-8-9-10-11-12-13-14-15-16-17-18-19-20-22-24-30(38)35-27(28(37)23-21-6-4-2)26-42-34-33(41)32(40)31(39)29(25-36)43-34/h5,7,9-10,12-13,15-16,21,23,27-29,31-34,36-37,39-41H,3-4,6,8,11,14,17-20,22,24-26H2,1-2H3,(H,35,38)/b7-5-,10-9-,13-12-,16-15-,23-21+. The van der Waals surface area contributed by atoms with E-state index in [2.05, 4.69) is 60.8 Å². The van der Waals surface area contributed by atoms with E-state index in [1.54, 1.807) is 6.08 Å². The maximum Gasteiger partial charge on any atom is 0.220 e. The van der Waals surface area contributed by atoms with Gasteiger partial charge in [0.05, 0.1) is 25.4 Å². The summed E-state index contributed by atoms with van der Waals surface area (Å²) in [5.74, 6) is -0.218. The summed E-state index contributed by atoms with van der Waals surface area (Å²) in [7, 11) is 0. The van der Waals surface area contributed by atoms with Gasteiger partial charge in [0.2, 0.25) is 5.91 Å². The van der Waals surface area contributed by atoms with Crippen LogP contribution in [0.3, 0.4) is 0 Å². The van der Waals surface area contributed by atoms with E-state index >= 15 is 0 Å². The highest BCUT2D eigenvalue weighted by atomic mass is 16.7. The molecular formula is C34H57NO8. The highest BCUT2D eigenvalue weighted by molar-refractivity contribution is 5.76. The van der Waals surface area contributed by atoms with Crippen LogP contribution in [-0.4, -0.2) is 87.5 Å². The molecular weight excluding hydrogens is 550 g/mol. The molecule has 7 atom stereocenters. The largest absolute Gasteiger partial charge is 0.394 e. The van der Waals surface area contributed by atoms with Crippen LogP contribution in [0.5, 0.6) is 0 Å². The van der Waals surface area contributed by atoms with E-state index < -0.39 is 49.5 Å². The Morgan fingerprint density at radius 1 is 0.814 bits per heavy atom. The first-order valence-corrected chi connectivity index (χ1v) is 16.0. The molecule has 0 aromatic rings. The van der Waals surface area contributed by atoms with E-state index in [1.807, 2.05) is 13.0 Å². The predicted molar refractivity (Wildman–Crippen MR) is 170 cm³/mol. The lowest BCUT2D eigenvalue weighted by molar-refractivity contribution is -0.302. The number of ether oxygens (including phenoxy) is 2. The number of carbonyl (C=O) groups is 1. The number of amides is 1. The van der Waals surface area contributed by atoms with Crippen LogP contribution in [0.4, 0.5) is 0 Å². The molecule has 1 aliphatic heterocycles. The quantitative estimate of drug-likeness (QED) is 0.0750. The van der Waals surface area contributed by atoms with Crippen LogP contribution in [0.25, 0.3) is 0 Å². The molecule has 0 radical (unpaired) electrons. The second-order valence-corrected chi connectivity index (χ2v) is 10.9. The van der Waals surface area contributed by atoms with Crippen molar-refractivity contribution in [3.05, 3.63) is 60.8 Å². The second kappa shape index (κ2) is 25.2. The molecule has 1 aliphatic rings. The van der Waals surface area contributed by atoms with Gasteiger partial charge in [-0.05, 0) is 51.4 Å². The molecule has 9 nitrogen and oxygen atoms in total. The van der Waals surface area contributed by atoms with E-state index in [9.17, 15) is 30.3 Å². The van der Waals surface area contributed by atoms with Crippen LogP contribution in [0.1, 0.15) is 90.9 Å². The molecule has 0 bridgehead atoms. The molecule has 0 aromatic heterocycles. The summed E-state index contributed by atoms with van der Waals surface area (Å²) in [5.41, 5.74) is 0. The zero-order chi connectivity index (χ0) is 31.7. The first-order chi connectivity index (χ1) is 20.8. The molecule has 1 saturated heterocycles. The fourth-order valence-corrected chi connectivity index (χ4v) is 4.44. The molecule has 0 saturated carbocycles. The maximum absolute atomic E-state index is 12.6. The third-order valence-electron chi connectivity index (χ3n) is 7.08. The number of rotatable bonds is 23. The Labute approximate surface area is 258 Å². The minimum atomic E-state index is -1.57. The minimum absolute atomic E-state index is 0.207. The van der Waals surface area contributed by atoms with Crippen molar-refractivity contribution in [2.75, 3.05) is 13.2 Å². The van der Waals surface area contributed by atoms with Gasteiger partial charge < -0.3 is 40.3 Å². The zero-order valence-electron chi connectivity index (χ0n) is 26.2. The highest BCUT2D eigenvalue weighted by Crippen LogP contribution is 2.22. The number of nitrogens with one attached hydrogen (secondary N) is 1. The highest BCUT2D eigenvalue weighted by Gasteiger charge is 2.44.